The highest BCUT2D eigenvalue weighted by molar-refractivity contribution is 7.71. The fraction of sp³-hybridized carbons (Fsp3) is 0.417. The van der Waals surface area contributed by atoms with Crippen molar-refractivity contribution >= 4 is 39.4 Å². The van der Waals surface area contributed by atoms with Gasteiger partial charge in [0.25, 0.3) is 0 Å². The lowest BCUT2D eigenvalue weighted by atomic mass is 9.89. The Balaban J connectivity index is 2.14. The summed E-state index contributed by atoms with van der Waals surface area (Å²) in [5.74, 6) is 0.780. The molecule has 3 heterocycles. The Hall–Kier alpha value is -1.27. The van der Waals surface area contributed by atoms with Crippen molar-refractivity contribution in [2.24, 2.45) is 5.92 Å². The molecule has 0 bridgehead atoms. The molecule has 0 aromatic carbocycles. The van der Waals surface area contributed by atoms with Crippen molar-refractivity contribution in [3.05, 3.63) is 21.5 Å². The van der Waals surface area contributed by atoms with Gasteiger partial charge in [-0.05, 0) is 43.0 Å². The van der Waals surface area contributed by atoms with E-state index >= 15 is 0 Å². The number of hydrogen-bond acceptors (Lipinski definition) is 4. The van der Waals surface area contributed by atoms with Gasteiger partial charge in [0, 0.05) is 4.88 Å². The highest BCUT2D eigenvalue weighted by Crippen LogP contribution is 2.38. The highest BCUT2D eigenvalue weighted by Gasteiger charge is 2.22. The first-order valence-electron chi connectivity index (χ1n) is 6.10. The largest absolute Gasteiger partial charge is 0.265 e. The molecule has 4 rings (SSSR count). The summed E-state index contributed by atoms with van der Waals surface area (Å²) in [6.45, 7) is 2.32. The van der Waals surface area contributed by atoms with Gasteiger partial charge in [0.05, 0.1) is 5.39 Å². The third-order valence-electron chi connectivity index (χ3n) is 3.66. The molecule has 6 heteroatoms. The molecule has 3 aromatic heterocycles. The van der Waals surface area contributed by atoms with Crippen LogP contribution in [0.25, 0.3) is 15.9 Å². The average Bonchev–Trinajstić information content (AvgIpc) is 2.86. The number of thiophene rings is 1. The summed E-state index contributed by atoms with van der Waals surface area (Å²) in [6, 6.07) is 0. The van der Waals surface area contributed by atoms with Gasteiger partial charge in [-0.25, -0.2) is 9.50 Å². The number of hydrogen-bond donors (Lipinski definition) is 1. The van der Waals surface area contributed by atoms with Crippen LogP contribution in [0.2, 0.25) is 0 Å². The van der Waals surface area contributed by atoms with E-state index in [9.17, 15) is 0 Å². The molecular weight excluding hydrogens is 264 g/mol. The van der Waals surface area contributed by atoms with Gasteiger partial charge in [-0.15, -0.1) is 11.3 Å². The van der Waals surface area contributed by atoms with E-state index in [-0.39, 0.29) is 0 Å². The second-order valence-electron chi connectivity index (χ2n) is 5.00. The Morgan fingerprint density at radius 1 is 1.56 bits per heavy atom. The minimum atomic E-state index is 0.522. The lowest BCUT2D eigenvalue weighted by Crippen LogP contribution is -2.08. The summed E-state index contributed by atoms with van der Waals surface area (Å²) in [4.78, 5) is 11.5. The van der Waals surface area contributed by atoms with E-state index < -0.39 is 0 Å². The Morgan fingerprint density at radius 3 is 3.33 bits per heavy atom. The molecule has 0 radical (unpaired) electrons. The Morgan fingerprint density at radius 2 is 2.44 bits per heavy atom. The molecule has 0 saturated heterocycles. The van der Waals surface area contributed by atoms with Gasteiger partial charge in [0.1, 0.15) is 11.2 Å². The summed E-state index contributed by atoms with van der Waals surface area (Å²) in [6.07, 6.45) is 5.34. The molecule has 1 atom stereocenters. The van der Waals surface area contributed by atoms with E-state index in [2.05, 4.69) is 22.0 Å². The number of aromatic amines is 1. The van der Waals surface area contributed by atoms with Crippen LogP contribution in [0.5, 0.6) is 0 Å². The van der Waals surface area contributed by atoms with Gasteiger partial charge in [0.15, 0.2) is 5.65 Å². The molecule has 92 valence electrons. The molecule has 0 amide bonds. The summed E-state index contributed by atoms with van der Waals surface area (Å²) >= 11 is 6.93. The Kier molecular flexibility index (Phi) is 2.14. The van der Waals surface area contributed by atoms with Gasteiger partial charge in [-0.2, -0.15) is 4.98 Å². The maximum absolute atomic E-state index is 5.11. The van der Waals surface area contributed by atoms with Crippen LogP contribution < -0.4 is 0 Å². The molecule has 0 saturated carbocycles. The van der Waals surface area contributed by atoms with Gasteiger partial charge in [-0.3, -0.25) is 5.10 Å². The summed E-state index contributed by atoms with van der Waals surface area (Å²) in [5, 5.41) is 4.22. The number of aryl methyl sites for hydroxylation is 1. The molecule has 1 aliphatic rings. The molecule has 1 N–H and O–H groups in total. The molecule has 18 heavy (non-hydrogen) atoms. The molecule has 1 aliphatic carbocycles. The topological polar surface area (TPSA) is 46.0 Å². The van der Waals surface area contributed by atoms with Crippen LogP contribution in [0, 0.1) is 10.7 Å². The Bertz CT molecular complexity index is 811. The van der Waals surface area contributed by atoms with Crippen LogP contribution in [-0.4, -0.2) is 19.6 Å². The number of H-pyrrole nitrogens is 1. The van der Waals surface area contributed by atoms with Crippen molar-refractivity contribution in [3.63, 3.8) is 0 Å². The van der Waals surface area contributed by atoms with Crippen molar-refractivity contribution in [2.45, 2.75) is 26.2 Å². The Labute approximate surface area is 113 Å². The van der Waals surface area contributed by atoms with Crippen molar-refractivity contribution < 1.29 is 0 Å². The maximum atomic E-state index is 5.11. The fourth-order valence-electron chi connectivity index (χ4n) is 2.76. The zero-order valence-electron chi connectivity index (χ0n) is 9.93. The van der Waals surface area contributed by atoms with Gasteiger partial charge < -0.3 is 0 Å². The van der Waals surface area contributed by atoms with Gasteiger partial charge >= 0.3 is 0 Å². The maximum Gasteiger partial charge on any atom is 0.214 e. The predicted molar refractivity (Wildman–Crippen MR) is 74.7 cm³/mol. The van der Waals surface area contributed by atoms with E-state index in [0.29, 0.717) is 4.77 Å². The number of nitrogens with zero attached hydrogens (tertiary/aromatic N) is 3. The van der Waals surface area contributed by atoms with Gasteiger partial charge in [0.2, 0.25) is 4.77 Å². The lowest BCUT2D eigenvalue weighted by Gasteiger charge is -2.17. The van der Waals surface area contributed by atoms with Crippen LogP contribution in [0.3, 0.4) is 0 Å². The van der Waals surface area contributed by atoms with E-state index in [1.54, 1.807) is 6.33 Å². The SMILES string of the molecule is CC1CCc2c(sc3ncn4[nH]c(=S)nc4c23)C1. The summed E-state index contributed by atoms with van der Waals surface area (Å²) in [7, 11) is 0. The minimum Gasteiger partial charge on any atom is -0.265 e. The third kappa shape index (κ3) is 1.39. The smallest absolute Gasteiger partial charge is 0.214 e. The van der Waals surface area contributed by atoms with Crippen molar-refractivity contribution in [1.29, 1.82) is 0 Å². The van der Waals surface area contributed by atoms with E-state index in [1.807, 2.05) is 15.9 Å². The normalized spacial score (nSPS) is 19.5. The fourth-order valence-corrected chi connectivity index (χ4v) is 4.29. The number of fused-ring (bicyclic) bond motifs is 5. The third-order valence-corrected chi connectivity index (χ3v) is 5.00. The zero-order chi connectivity index (χ0) is 12.3. The van der Waals surface area contributed by atoms with Crippen molar-refractivity contribution in [3.8, 4) is 0 Å². The lowest BCUT2D eigenvalue weighted by molar-refractivity contribution is 0.509. The molecule has 4 nitrogen and oxygen atoms in total. The standard InChI is InChI=1S/C12H12N4S2/c1-6-2-3-7-8(4-6)18-11-9(7)10-14-12(17)15-16(10)5-13-11/h5-6H,2-4H2,1H3,(H,15,17). The number of rotatable bonds is 0. The predicted octanol–water partition coefficient (Wildman–Crippen LogP) is 3.13. The molecule has 1 unspecified atom stereocenters. The molecule has 0 spiro atoms. The van der Waals surface area contributed by atoms with E-state index in [0.717, 1.165) is 22.8 Å². The number of aromatic nitrogens is 4. The molecule has 0 fully saturated rings. The first-order valence-corrected chi connectivity index (χ1v) is 7.32. The van der Waals surface area contributed by atoms with Gasteiger partial charge in [-0.1, -0.05) is 6.92 Å². The van der Waals surface area contributed by atoms with Crippen LogP contribution >= 0.6 is 23.6 Å². The first kappa shape index (κ1) is 10.6. The second-order valence-corrected chi connectivity index (χ2v) is 6.47. The summed E-state index contributed by atoms with van der Waals surface area (Å²) < 4.78 is 2.35. The monoisotopic (exact) mass is 276 g/mol. The molecule has 0 aliphatic heterocycles. The second kappa shape index (κ2) is 3.61. The van der Waals surface area contributed by atoms with Crippen molar-refractivity contribution in [1.82, 2.24) is 19.6 Å². The molecular formula is C12H12N4S2. The summed E-state index contributed by atoms with van der Waals surface area (Å²) in [5.41, 5.74) is 2.37. The van der Waals surface area contributed by atoms with Crippen LogP contribution in [0.4, 0.5) is 0 Å². The van der Waals surface area contributed by atoms with Crippen LogP contribution in [-0.2, 0) is 12.8 Å². The number of nitrogens with one attached hydrogen (secondary N) is 1. The molecule has 3 aromatic rings. The van der Waals surface area contributed by atoms with E-state index in [1.165, 1.54) is 28.7 Å². The average molecular weight is 276 g/mol. The minimum absolute atomic E-state index is 0.522. The quantitative estimate of drug-likeness (QED) is 0.642. The van der Waals surface area contributed by atoms with Crippen LogP contribution in [0.15, 0.2) is 6.33 Å². The highest BCUT2D eigenvalue weighted by atomic mass is 32.1. The first-order chi connectivity index (χ1) is 8.72. The van der Waals surface area contributed by atoms with E-state index in [4.69, 9.17) is 12.2 Å². The van der Waals surface area contributed by atoms with Crippen LogP contribution in [0.1, 0.15) is 23.8 Å². The van der Waals surface area contributed by atoms with Crippen molar-refractivity contribution in [2.75, 3.05) is 0 Å². The zero-order valence-corrected chi connectivity index (χ0v) is 11.6.